The van der Waals surface area contributed by atoms with Gasteiger partial charge in [-0.25, -0.2) is 4.98 Å². The van der Waals surface area contributed by atoms with E-state index in [1.54, 1.807) is 24.5 Å². The first-order valence-corrected chi connectivity index (χ1v) is 11.6. The molecular weight excluding hydrogens is 428 g/mol. The summed E-state index contributed by atoms with van der Waals surface area (Å²) in [7, 11) is 0. The fourth-order valence-electron chi connectivity index (χ4n) is 4.00. The lowest BCUT2D eigenvalue weighted by molar-refractivity contribution is 0.102. The van der Waals surface area contributed by atoms with Gasteiger partial charge in [0.2, 0.25) is 0 Å². The Balaban J connectivity index is 1.29. The number of hydrogen-bond acceptors (Lipinski definition) is 6. The second kappa shape index (κ2) is 9.61. The molecule has 1 amide bonds. The Morgan fingerprint density at radius 3 is 2.56 bits per heavy atom. The number of piperidine rings is 1. The Bertz CT molecular complexity index is 1290. The molecule has 1 aromatic carbocycles. The van der Waals surface area contributed by atoms with Gasteiger partial charge in [-0.1, -0.05) is 0 Å². The SMILES string of the molecule is CC(C)n1cc(-c2cc3cc(NC(=O)c4ccc(OC5CCNCC5)cc4)ncc3cn2)cn1. The molecule has 2 N–H and O–H groups in total. The molecule has 1 aliphatic rings. The minimum atomic E-state index is -0.215. The molecule has 0 atom stereocenters. The highest BCUT2D eigenvalue weighted by molar-refractivity contribution is 6.04. The largest absolute Gasteiger partial charge is 0.490 e. The summed E-state index contributed by atoms with van der Waals surface area (Å²) in [6, 6.07) is 11.4. The van der Waals surface area contributed by atoms with E-state index in [9.17, 15) is 4.79 Å². The van der Waals surface area contributed by atoms with E-state index in [1.165, 1.54) is 0 Å². The minimum absolute atomic E-state index is 0.215. The molecule has 174 valence electrons. The van der Waals surface area contributed by atoms with Crippen LogP contribution in [0.5, 0.6) is 5.75 Å². The van der Waals surface area contributed by atoms with Crippen molar-refractivity contribution in [3.05, 3.63) is 66.7 Å². The molecule has 3 aromatic heterocycles. The van der Waals surface area contributed by atoms with Gasteiger partial charge in [0.15, 0.2) is 0 Å². The van der Waals surface area contributed by atoms with Gasteiger partial charge in [-0.3, -0.25) is 14.5 Å². The van der Waals surface area contributed by atoms with Crippen molar-refractivity contribution >= 4 is 22.5 Å². The van der Waals surface area contributed by atoms with E-state index in [2.05, 4.69) is 39.5 Å². The summed E-state index contributed by atoms with van der Waals surface area (Å²) in [5.74, 6) is 1.06. The average molecular weight is 457 g/mol. The smallest absolute Gasteiger partial charge is 0.256 e. The minimum Gasteiger partial charge on any atom is -0.490 e. The molecular formula is C26H28N6O2. The molecule has 5 rings (SSSR count). The summed E-state index contributed by atoms with van der Waals surface area (Å²) in [5.41, 5.74) is 2.33. The average Bonchev–Trinajstić information content (AvgIpc) is 3.36. The maximum Gasteiger partial charge on any atom is 0.256 e. The summed E-state index contributed by atoms with van der Waals surface area (Å²) in [5, 5.41) is 12.5. The number of nitrogens with one attached hydrogen (secondary N) is 2. The van der Waals surface area contributed by atoms with Crippen LogP contribution in [0.25, 0.3) is 22.0 Å². The molecule has 1 saturated heterocycles. The van der Waals surface area contributed by atoms with Gasteiger partial charge in [-0.15, -0.1) is 0 Å². The third-order valence-corrected chi connectivity index (χ3v) is 5.98. The number of aromatic nitrogens is 4. The molecule has 4 aromatic rings. The molecule has 0 radical (unpaired) electrons. The topological polar surface area (TPSA) is 94.0 Å². The second-order valence-corrected chi connectivity index (χ2v) is 8.83. The number of carbonyl (C=O) groups excluding carboxylic acids is 1. The molecule has 1 fully saturated rings. The van der Waals surface area contributed by atoms with Gasteiger partial charge < -0.3 is 15.4 Å². The van der Waals surface area contributed by atoms with Crippen LogP contribution in [-0.2, 0) is 0 Å². The number of hydrogen-bond donors (Lipinski definition) is 2. The number of carbonyl (C=O) groups is 1. The number of amides is 1. The van der Waals surface area contributed by atoms with Crippen LogP contribution < -0.4 is 15.4 Å². The molecule has 0 unspecified atom stereocenters. The van der Waals surface area contributed by atoms with Crippen molar-refractivity contribution in [3.63, 3.8) is 0 Å². The van der Waals surface area contributed by atoms with Crippen LogP contribution in [0, 0.1) is 0 Å². The standard InChI is InChI=1S/C26H28N6O2/c1-17(2)32-16-21(15-30-32)24-11-19-12-25(29-14-20(19)13-28-24)31-26(33)18-3-5-22(6-4-18)34-23-7-9-27-10-8-23/h3-6,11-17,23,27H,7-10H2,1-2H3,(H,29,31,33). The lowest BCUT2D eigenvalue weighted by Gasteiger charge is -2.23. The van der Waals surface area contributed by atoms with Crippen LogP contribution >= 0.6 is 0 Å². The van der Waals surface area contributed by atoms with E-state index in [1.807, 2.05) is 41.3 Å². The number of ether oxygens (including phenoxy) is 1. The van der Waals surface area contributed by atoms with Gasteiger partial charge in [-0.05, 0) is 81.6 Å². The molecule has 0 aliphatic carbocycles. The van der Waals surface area contributed by atoms with E-state index in [0.717, 1.165) is 53.7 Å². The van der Waals surface area contributed by atoms with Crippen molar-refractivity contribution in [1.29, 1.82) is 0 Å². The summed E-state index contributed by atoms with van der Waals surface area (Å²) in [6.07, 6.45) is 9.52. The highest BCUT2D eigenvalue weighted by atomic mass is 16.5. The van der Waals surface area contributed by atoms with Crippen molar-refractivity contribution in [2.75, 3.05) is 18.4 Å². The number of fused-ring (bicyclic) bond motifs is 1. The van der Waals surface area contributed by atoms with E-state index in [4.69, 9.17) is 4.74 Å². The predicted molar refractivity (Wildman–Crippen MR) is 132 cm³/mol. The van der Waals surface area contributed by atoms with Crippen LogP contribution in [0.1, 0.15) is 43.1 Å². The zero-order valence-electron chi connectivity index (χ0n) is 19.4. The highest BCUT2D eigenvalue weighted by Crippen LogP contribution is 2.24. The van der Waals surface area contributed by atoms with Crippen molar-refractivity contribution in [2.24, 2.45) is 0 Å². The van der Waals surface area contributed by atoms with E-state index >= 15 is 0 Å². The van der Waals surface area contributed by atoms with Crippen LogP contribution in [0.3, 0.4) is 0 Å². The number of nitrogens with zero attached hydrogens (tertiary/aromatic N) is 4. The number of anilines is 1. The Morgan fingerprint density at radius 2 is 1.82 bits per heavy atom. The van der Waals surface area contributed by atoms with Gasteiger partial charge in [0, 0.05) is 41.1 Å². The zero-order chi connectivity index (χ0) is 23.5. The third kappa shape index (κ3) is 4.92. The molecule has 0 saturated carbocycles. The lowest BCUT2D eigenvalue weighted by atomic mass is 10.1. The Labute approximate surface area is 198 Å². The Hall–Kier alpha value is -3.78. The van der Waals surface area contributed by atoms with Crippen molar-refractivity contribution < 1.29 is 9.53 Å². The second-order valence-electron chi connectivity index (χ2n) is 8.83. The third-order valence-electron chi connectivity index (χ3n) is 5.98. The first-order valence-electron chi connectivity index (χ1n) is 11.6. The highest BCUT2D eigenvalue weighted by Gasteiger charge is 2.15. The molecule has 8 heteroatoms. The summed E-state index contributed by atoms with van der Waals surface area (Å²) < 4.78 is 7.93. The number of pyridine rings is 2. The van der Waals surface area contributed by atoms with E-state index < -0.39 is 0 Å². The fourth-order valence-corrected chi connectivity index (χ4v) is 4.00. The number of rotatable bonds is 6. The summed E-state index contributed by atoms with van der Waals surface area (Å²) in [4.78, 5) is 21.7. The molecule has 0 bridgehead atoms. The first-order chi connectivity index (χ1) is 16.5. The summed E-state index contributed by atoms with van der Waals surface area (Å²) in [6.45, 7) is 6.12. The van der Waals surface area contributed by atoms with Gasteiger partial charge in [0.25, 0.3) is 5.91 Å². The monoisotopic (exact) mass is 456 g/mol. The number of benzene rings is 1. The van der Waals surface area contributed by atoms with Crippen molar-refractivity contribution in [2.45, 2.75) is 38.8 Å². The summed E-state index contributed by atoms with van der Waals surface area (Å²) >= 11 is 0. The molecule has 34 heavy (non-hydrogen) atoms. The lowest BCUT2D eigenvalue weighted by Crippen LogP contribution is -2.34. The normalized spacial score (nSPS) is 14.4. The quantitative estimate of drug-likeness (QED) is 0.445. The van der Waals surface area contributed by atoms with Gasteiger partial charge in [0.05, 0.1) is 11.9 Å². The Kier molecular flexibility index (Phi) is 6.22. The zero-order valence-corrected chi connectivity index (χ0v) is 19.4. The van der Waals surface area contributed by atoms with E-state index in [-0.39, 0.29) is 18.1 Å². The molecule has 1 aliphatic heterocycles. The van der Waals surface area contributed by atoms with Crippen LogP contribution in [0.2, 0.25) is 0 Å². The van der Waals surface area contributed by atoms with Gasteiger partial charge in [-0.2, -0.15) is 5.10 Å². The van der Waals surface area contributed by atoms with Crippen LogP contribution in [0.15, 0.2) is 61.2 Å². The van der Waals surface area contributed by atoms with Crippen molar-refractivity contribution in [3.8, 4) is 17.0 Å². The van der Waals surface area contributed by atoms with Crippen LogP contribution in [0.4, 0.5) is 5.82 Å². The maximum absolute atomic E-state index is 12.8. The molecule has 0 spiro atoms. The fraction of sp³-hybridized carbons (Fsp3) is 0.308. The Morgan fingerprint density at radius 1 is 1.06 bits per heavy atom. The predicted octanol–water partition coefficient (Wildman–Crippen LogP) is 4.46. The van der Waals surface area contributed by atoms with E-state index in [0.29, 0.717) is 11.4 Å². The first kappa shape index (κ1) is 22.0. The molecule has 4 heterocycles. The molecule has 8 nitrogen and oxygen atoms in total. The van der Waals surface area contributed by atoms with Gasteiger partial charge in [0.1, 0.15) is 17.7 Å². The maximum atomic E-state index is 12.8. The van der Waals surface area contributed by atoms with Crippen molar-refractivity contribution in [1.82, 2.24) is 25.1 Å². The van der Waals surface area contributed by atoms with Crippen LogP contribution in [-0.4, -0.2) is 44.8 Å². The van der Waals surface area contributed by atoms with Gasteiger partial charge >= 0.3 is 0 Å².